The van der Waals surface area contributed by atoms with Gasteiger partial charge in [-0.2, -0.15) is 0 Å². The summed E-state index contributed by atoms with van der Waals surface area (Å²) in [5.41, 5.74) is 1.85. The van der Waals surface area contributed by atoms with Crippen molar-refractivity contribution < 1.29 is 14.3 Å². The first-order valence-corrected chi connectivity index (χ1v) is 11.2. The van der Waals surface area contributed by atoms with E-state index < -0.39 is 0 Å². The third-order valence-corrected chi connectivity index (χ3v) is 7.18. The molecule has 6 rings (SSSR count). The van der Waals surface area contributed by atoms with Crippen molar-refractivity contribution in [3.8, 4) is 11.5 Å². The predicted molar refractivity (Wildman–Crippen MR) is 115 cm³/mol. The van der Waals surface area contributed by atoms with Gasteiger partial charge >= 0.3 is 5.69 Å². The molecule has 1 amide bonds. The monoisotopic (exact) mass is 422 g/mol. The summed E-state index contributed by atoms with van der Waals surface area (Å²) in [6.07, 6.45) is 6.99. The SMILES string of the molecule is Cc1cc2cc3c(cc2n2c(=O)n(CC(=O)N4CCC[C@H]5CCCC[C@@H]54)nc12)OCO3. The van der Waals surface area contributed by atoms with Crippen LogP contribution in [-0.4, -0.2) is 44.4 Å². The number of hydrogen-bond donors (Lipinski definition) is 0. The van der Waals surface area contributed by atoms with Crippen LogP contribution in [0.1, 0.15) is 44.1 Å². The van der Waals surface area contributed by atoms with Gasteiger partial charge in [0.2, 0.25) is 12.7 Å². The molecule has 0 unspecified atom stereocenters. The van der Waals surface area contributed by atoms with Gasteiger partial charge in [-0.3, -0.25) is 4.79 Å². The molecule has 2 atom stereocenters. The molecule has 2 aliphatic heterocycles. The van der Waals surface area contributed by atoms with Crippen LogP contribution in [0.4, 0.5) is 0 Å². The van der Waals surface area contributed by atoms with Crippen LogP contribution < -0.4 is 15.2 Å². The fourth-order valence-corrected chi connectivity index (χ4v) is 5.69. The lowest BCUT2D eigenvalue weighted by Crippen LogP contribution is -2.51. The highest BCUT2D eigenvalue weighted by atomic mass is 16.7. The maximum atomic E-state index is 13.3. The normalized spacial score (nSPS) is 22.8. The van der Waals surface area contributed by atoms with Crippen LogP contribution in [-0.2, 0) is 11.3 Å². The topological polar surface area (TPSA) is 78.1 Å². The van der Waals surface area contributed by atoms with Crippen LogP contribution >= 0.6 is 0 Å². The van der Waals surface area contributed by atoms with E-state index in [9.17, 15) is 9.59 Å². The van der Waals surface area contributed by atoms with Crippen molar-refractivity contribution in [2.75, 3.05) is 13.3 Å². The highest BCUT2D eigenvalue weighted by molar-refractivity contribution is 5.87. The first kappa shape index (κ1) is 18.7. The van der Waals surface area contributed by atoms with Crippen molar-refractivity contribution in [2.45, 2.75) is 58.0 Å². The number of ether oxygens (including phenoxy) is 2. The Hall–Kier alpha value is -3.03. The number of likely N-dealkylation sites (tertiary alicyclic amines) is 1. The van der Waals surface area contributed by atoms with Crippen LogP contribution in [0.5, 0.6) is 11.5 Å². The Kier molecular flexibility index (Phi) is 4.23. The molecule has 0 radical (unpaired) electrons. The molecule has 4 heterocycles. The zero-order valence-electron chi connectivity index (χ0n) is 17.7. The smallest absolute Gasteiger partial charge is 0.351 e. The average molecular weight is 422 g/mol. The lowest BCUT2D eigenvalue weighted by Gasteiger charge is -2.44. The van der Waals surface area contributed by atoms with E-state index in [0.29, 0.717) is 34.6 Å². The zero-order valence-corrected chi connectivity index (χ0v) is 17.7. The highest BCUT2D eigenvalue weighted by Crippen LogP contribution is 2.37. The quantitative estimate of drug-likeness (QED) is 0.635. The van der Waals surface area contributed by atoms with Gasteiger partial charge in [0.25, 0.3) is 0 Å². The molecule has 0 spiro atoms. The number of fused-ring (bicyclic) bond motifs is 5. The Morgan fingerprint density at radius 2 is 1.87 bits per heavy atom. The minimum absolute atomic E-state index is 0.00156. The molecule has 1 saturated carbocycles. The number of rotatable bonds is 2. The lowest BCUT2D eigenvalue weighted by molar-refractivity contribution is -0.138. The number of pyridine rings is 1. The van der Waals surface area contributed by atoms with Crippen molar-refractivity contribution in [2.24, 2.45) is 5.92 Å². The van der Waals surface area contributed by atoms with Gasteiger partial charge in [-0.15, -0.1) is 5.10 Å². The summed E-state index contributed by atoms with van der Waals surface area (Å²) in [4.78, 5) is 28.6. The van der Waals surface area contributed by atoms with Crippen LogP contribution in [0.25, 0.3) is 16.6 Å². The van der Waals surface area contributed by atoms with E-state index >= 15 is 0 Å². The molecular weight excluding hydrogens is 396 g/mol. The number of carbonyl (C=O) groups is 1. The predicted octanol–water partition coefficient (Wildman–Crippen LogP) is 2.87. The summed E-state index contributed by atoms with van der Waals surface area (Å²) in [6.45, 7) is 2.87. The third kappa shape index (κ3) is 2.91. The minimum Gasteiger partial charge on any atom is -0.454 e. The number of nitrogens with zero attached hydrogens (tertiary/aromatic N) is 4. The molecule has 2 fully saturated rings. The van der Waals surface area contributed by atoms with Gasteiger partial charge in [0.05, 0.1) is 5.52 Å². The van der Waals surface area contributed by atoms with Gasteiger partial charge in [-0.25, -0.2) is 13.9 Å². The second-order valence-electron chi connectivity index (χ2n) is 9.03. The molecule has 162 valence electrons. The van der Waals surface area contributed by atoms with Crippen molar-refractivity contribution in [1.29, 1.82) is 0 Å². The molecular formula is C23H26N4O4. The maximum Gasteiger partial charge on any atom is 0.351 e. The number of benzene rings is 1. The van der Waals surface area contributed by atoms with Crippen molar-refractivity contribution in [1.82, 2.24) is 19.1 Å². The Morgan fingerprint density at radius 3 is 2.74 bits per heavy atom. The molecule has 31 heavy (non-hydrogen) atoms. The van der Waals surface area contributed by atoms with Crippen LogP contribution in [0.3, 0.4) is 0 Å². The van der Waals surface area contributed by atoms with Crippen LogP contribution in [0.2, 0.25) is 0 Å². The number of aryl methyl sites for hydroxylation is 1. The Morgan fingerprint density at radius 1 is 1.10 bits per heavy atom. The summed E-state index contributed by atoms with van der Waals surface area (Å²) in [7, 11) is 0. The Balaban J connectivity index is 1.39. The van der Waals surface area contributed by atoms with Crippen LogP contribution in [0, 0.1) is 12.8 Å². The van der Waals surface area contributed by atoms with E-state index in [-0.39, 0.29) is 24.9 Å². The summed E-state index contributed by atoms with van der Waals surface area (Å²) in [6, 6.07) is 6.01. The maximum absolute atomic E-state index is 13.3. The molecule has 8 nitrogen and oxygen atoms in total. The van der Waals surface area contributed by atoms with E-state index in [1.54, 1.807) is 4.40 Å². The van der Waals surface area contributed by atoms with Gasteiger partial charge in [0, 0.05) is 24.0 Å². The van der Waals surface area contributed by atoms with Crippen LogP contribution in [0.15, 0.2) is 23.0 Å². The summed E-state index contributed by atoms with van der Waals surface area (Å²) >= 11 is 0. The average Bonchev–Trinajstić information content (AvgIpc) is 3.36. The van der Waals surface area contributed by atoms with E-state index in [0.717, 1.165) is 30.3 Å². The van der Waals surface area contributed by atoms with Gasteiger partial charge < -0.3 is 14.4 Å². The second-order valence-corrected chi connectivity index (χ2v) is 9.03. The third-order valence-electron chi connectivity index (χ3n) is 7.18. The number of piperidine rings is 1. The van der Waals surface area contributed by atoms with E-state index in [4.69, 9.17) is 9.47 Å². The summed E-state index contributed by atoms with van der Waals surface area (Å²) < 4.78 is 13.9. The van der Waals surface area contributed by atoms with Gasteiger partial charge in [-0.05, 0) is 56.2 Å². The van der Waals surface area contributed by atoms with Gasteiger partial charge in [0.15, 0.2) is 17.1 Å². The molecule has 1 aliphatic carbocycles. The largest absolute Gasteiger partial charge is 0.454 e. The first-order valence-electron chi connectivity index (χ1n) is 11.2. The number of amides is 1. The molecule has 3 aromatic rings. The lowest BCUT2D eigenvalue weighted by atomic mass is 9.78. The number of hydrogen-bond acceptors (Lipinski definition) is 5. The van der Waals surface area contributed by atoms with E-state index in [1.165, 1.54) is 30.4 Å². The second kappa shape index (κ2) is 7.00. The fraction of sp³-hybridized carbons (Fsp3) is 0.522. The van der Waals surface area contributed by atoms with Crippen molar-refractivity contribution >= 4 is 22.5 Å². The molecule has 3 aliphatic rings. The fourth-order valence-electron chi connectivity index (χ4n) is 5.69. The molecule has 0 N–H and O–H groups in total. The number of aromatic nitrogens is 3. The highest BCUT2D eigenvalue weighted by Gasteiger charge is 2.36. The summed E-state index contributed by atoms with van der Waals surface area (Å²) in [5, 5.41) is 5.42. The Bertz CT molecular complexity index is 1260. The molecule has 1 saturated heterocycles. The number of carbonyl (C=O) groups excluding carboxylic acids is 1. The molecule has 8 heteroatoms. The summed E-state index contributed by atoms with van der Waals surface area (Å²) in [5.74, 6) is 1.90. The molecule has 1 aromatic carbocycles. The Labute approximate surface area is 179 Å². The minimum atomic E-state index is -0.298. The first-order chi connectivity index (χ1) is 15.1. The van der Waals surface area contributed by atoms with Crippen molar-refractivity contribution in [3.05, 3.63) is 34.2 Å². The standard InChI is InChI=1S/C23H26N4O4/c1-14-9-16-10-19-20(31-13-30-19)11-18(16)27-22(14)24-26(23(27)29)12-21(28)25-8-4-6-15-5-2-3-7-17(15)25/h9-11,15,17H,2-8,12-13H2,1H3/t15-,17+/m1/s1. The van der Waals surface area contributed by atoms with Gasteiger partial charge in [-0.1, -0.05) is 12.8 Å². The van der Waals surface area contributed by atoms with E-state index in [1.807, 2.05) is 30.0 Å². The zero-order chi connectivity index (χ0) is 21.1. The van der Waals surface area contributed by atoms with E-state index in [2.05, 4.69) is 5.10 Å². The molecule has 0 bridgehead atoms. The van der Waals surface area contributed by atoms with Crippen molar-refractivity contribution in [3.63, 3.8) is 0 Å². The molecule has 2 aromatic heterocycles. The van der Waals surface area contributed by atoms with Gasteiger partial charge in [0.1, 0.15) is 6.54 Å².